The number of amides is 2. The van der Waals surface area contributed by atoms with Gasteiger partial charge in [0.25, 0.3) is 5.91 Å². The van der Waals surface area contributed by atoms with Gasteiger partial charge in [-0.25, -0.2) is 9.48 Å². The third kappa shape index (κ3) is 4.04. The fourth-order valence-corrected chi connectivity index (χ4v) is 3.45. The molecule has 0 radical (unpaired) electrons. The van der Waals surface area contributed by atoms with Crippen molar-refractivity contribution in [1.82, 2.24) is 19.6 Å². The summed E-state index contributed by atoms with van der Waals surface area (Å²) in [6.07, 6.45) is 1.21. The molecule has 4 rings (SSSR count). The smallest absolute Gasteiger partial charge is 0.409 e. The van der Waals surface area contributed by atoms with Gasteiger partial charge >= 0.3 is 6.09 Å². The van der Waals surface area contributed by atoms with Crippen LogP contribution in [0.5, 0.6) is 0 Å². The SMILES string of the molecule is CCOC(=O)N1CCN(C(=O)c2cc(-c3ccco3)nn2-c2ccc(Cl)cc2)CC1. The van der Waals surface area contributed by atoms with Gasteiger partial charge in [-0.3, -0.25) is 4.79 Å². The van der Waals surface area contributed by atoms with Crippen molar-refractivity contribution in [3.63, 3.8) is 0 Å². The third-order valence-electron chi connectivity index (χ3n) is 4.87. The van der Waals surface area contributed by atoms with Crippen molar-refractivity contribution in [2.75, 3.05) is 32.8 Å². The van der Waals surface area contributed by atoms with Crippen molar-refractivity contribution in [2.45, 2.75) is 6.92 Å². The van der Waals surface area contributed by atoms with Crippen LogP contribution in [0, 0.1) is 0 Å². The molecule has 2 amide bonds. The summed E-state index contributed by atoms with van der Waals surface area (Å²) < 4.78 is 12.1. The molecular weight excluding hydrogens is 408 g/mol. The van der Waals surface area contributed by atoms with Crippen molar-refractivity contribution in [1.29, 1.82) is 0 Å². The maximum absolute atomic E-state index is 13.3. The van der Waals surface area contributed by atoms with Gasteiger partial charge in [-0.15, -0.1) is 0 Å². The summed E-state index contributed by atoms with van der Waals surface area (Å²) in [6, 6.07) is 12.4. The van der Waals surface area contributed by atoms with Crippen LogP contribution in [0.4, 0.5) is 4.79 Å². The molecule has 3 heterocycles. The maximum atomic E-state index is 13.3. The Morgan fingerprint density at radius 1 is 1.10 bits per heavy atom. The van der Waals surface area contributed by atoms with E-state index in [0.717, 1.165) is 0 Å². The zero-order chi connectivity index (χ0) is 21.1. The van der Waals surface area contributed by atoms with Crippen molar-refractivity contribution in [2.24, 2.45) is 0 Å². The van der Waals surface area contributed by atoms with Gasteiger partial charge in [0.1, 0.15) is 11.4 Å². The summed E-state index contributed by atoms with van der Waals surface area (Å²) in [5.41, 5.74) is 1.68. The van der Waals surface area contributed by atoms with E-state index < -0.39 is 0 Å². The van der Waals surface area contributed by atoms with E-state index in [1.165, 1.54) is 0 Å². The fourth-order valence-electron chi connectivity index (χ4n) is 3.33. The first-order valence-electron chi connectivity index (χ1n) is 9.67. The molecule has 1 saturated heterocycles. The minimum atomic E-state index is -0.351. The van der Waals surface area contributed by atoms with Crippen LogP contribution >= 0.6 is 11.6 Å². The predicted molar refractivity (Wildman–Crippen MR) is 111 cm³/mol. The Morgan fingerprint density at radius 2 is 1.80 bits per heavy atom. The molecule has 0 bridgehead atoms. The largest absolute Gasteiger partial charge is 0.463 e. The molecule has 0 atom stereocenters. The normalized spacial score (nSPS) is 14.1. The Bertz CT molecular complexity index is 1020. The van der Waals surface area contributed by atoms with Gasteiger partial charge in [0.2, 0.25) is 0 Å². The standard InChI is InChI=1S/C21H21ClN4O4/c1-2-29-21(28)25-11-9-24(10-12-25)20(27)18-14-17(19-4-3-13-30-19)23-26(18)16-7-5-15(22)6-8-16/h3-8,13-14H,2,9-12H2,1H3. The van der Waals surface area contributed by atoms with Gasteiger partial charge in [-0.1, -0.05) is 11.6 Å². The molecule has 3 aromatic rings. The zero-order valence-electron chi connectivity index (χ0n) is 16.5. The van der Waals surface area contributed by atoms with E-state index >= 15 is 0 Å². The average Bonchev–Trinajstić information content (AvgIpc) is 3.44. The van der Waals surface area contributed by atoms with Crippen LogP contribution in [0.15, 0.2) is 53.1 Å². The highest BCUT2D eigenvalue weighted by molar-refractivity contribution is 6.30. The van der Waals surface area contributed by atoms with Crippen molar-refractivity contribution in [3.8, 4) is 17.1 Å². The molecule has 1 aliphatic rings. The van der Waals surface area contributed by atoms with E-state index in [4.69, 9.17) is 20.8 Å². The summed E-state index contributed by atoms with van der Waals surface area (Å²) in [5.74, 6) is 0.405. The first kappa shape index (κ1) is 20.0. The Morgan fingerprint density at radius 3 is 2.43 bits per heavy atom. The van der Waals surface area contributed by atoms with Crippen LogP contribution < -0.4 is 0 Å². The highest BCUT2D eigenvalue weighted by atomic mass is 35.5. The topological polar surface area (TPSA) is 80.8 Å². The second-order valence-electron chi connectivity index (χ2n) is 6.76. The van der Waals surface area contributed by atoms with Crippen molar-refractivity contribution in [3.05, 3.63) is 59.4 Å². The van der Waals surface area contributed by atoms with Crippen LogP contribution in [-0.2, 0) is 4.74 Å². The number of benzene rings is 1. The number of carbonyl (C=O) groups is 2. The molecule has 0 aliphatic carbocycles. The monoisotopic (exact) mass is 428 g/mol. The van der Waals surface area contributed by atoms with E-state index in [1.54, 1.807) is 70.1 Å². The summed E-state index contributed by atoms with van der Waals surface area (Å²) in [5, 5.41) is 5.18. The van der Waals surface area contributed by atoms with E-state index in [1.807, 2.05) is 0 Å². The minimum Gasteiger partial charge on any atom is -0.463 e. The lowest BCUT2D eigenvalue weighted by atomic mass is 10.2. The lowest BCUT2D eigenvalue weighted by molar-refractivity contribution is 0.0563. The molecule has 9 heteroatoms. The van der Waals surface area contributed by atoms with E-state index in [0.29, 0.717) is 60.6 Å². The van der Waals surface area contributed by atoms with E-state index in [9.17, 15) is 9.59 Å². The quantitative estimate of drug-likeness (QED) is 0.633. The van der Waals surface area contributed by atoms with Gasteiger partial charge in [0.15, 0.2) is 5.76 Å². The number of ether oxygens (including phenoxy) is 1. The van der Waals surface area contributed by atoms with Gasteiger partial charge in [-0.05, 0) is 43.3 Å². The zero-order valence-corrected chi connectivity index (χ0v) is 17.2. The predicted octanol–water partition coefficient (Wildman–Crippen LogP) is 3.70. The van der Waals surface area contributed by atoms with Crippen LogP contribution in [0.1, 0.15) is 17.4 Å². The van der Waals surface area contributed by atoms with Crippen molar-refractivity contribution < 1.29 is 18.7 Å². The number of furan rings is 1. The summed E-state index contributed by atoms with van der Waals surface area (Å²) in [7, 11) is 0. The Kier molecular flexibility index (Phi) is 5.76. The number of nitrogens with zero attached hydrogens (tertiary/aromatic N) is 4. The van der Waals surface area contributed by atoms with Gasteiger partial charge < -0.3 is 19.0 Å². The van der Waals surface area contributed by atoms with Crippen LogP contribution in [0.25, 0.3) is 17.1 Å². The first-order valence-corrected chi connectivity index (χ1v) is 10.1. The van der Waals surface area contributed by atoms with Crippen LogP contribution in [0.3, 0.4) is 0 Å². The molecule has 2 aromatic heterocycles. The third-order valence-corrected chi connectivity index (χ3v) is 5.12. The molecule has 1 aromatic carbocycles. The Hall–Kier alpha value is -3.26. The molecule has 0 saturated carbocycles. The van der Waals surface area contributed by atoms with E-state index in [2.05, 4.69) is 5.10 Å². The fraction of sp³-hybridized carbons (Fsp3) is 0.286. The molecule has 1 fully saturated rings. The maximum Gasteiger partial charge on any atom is 0.409 e. The summed E-state index contributed by atoms with van der Waals surface area (Å²) >= 11 is 6.01. The number of carbonyl (C=O) groups excluding carboxylic acids is 2. The molecule has 0 N–H and O–H groups in total. The second kappa shape index (κ2) is 8.62. The van der Waals surface area contributed by atoms with Crippen molar-refractivity contribution >= 4 is 23.6 Å². The molecule has 0 spiro atoms. The molecule has 30 heavy (non-hydrogen) atoms. The van der Waals surface area contributed by atoms with Gasteiger partial charge in [0.05, 0.1) is 18.6 Å². The highest BCUT2D eigenvalue weighted by Crippen LogP contribution is 2.24. The number of aromatic nitrogens is 2. The van der Waals surface area contributed by atoms with E-state index in [-0.39, 0.29) is 12.0 Å². The Labute approximate surface area is 178 Å². The number of hydrogen-bond acceptors (Lipinski definition) is 5. The number of halogens is 1. The number of piperazine rings is 1. The van der Waals surface area contributed by atoms with Gasteiger partial charge in [-0.2, -0.15) is 5.10 Å². The minimum absolute atomic E-state index is 0.168. The van der Waals surface area contributed by atoms with Gasteiger partial charge in [0, 0.05) is 37.3 Å². The molecular formula is C21H21ClN4O4. The molecule has 8 nitrogen and oxygen atoms in total. The summed E-state index contributed by atoms with van der Waals surface area (Å²) in [6.45, 7) is 3.77. The lowest BCUT2D eigenvalue weighted by Crippen LogP contribution is -2.51. The number of hydrogen-bond donors (Lipinski definition) is 0. The Balaban J connectivity index is 1.60. The number of rotatable bonds is 4. The van der Waals surface area contributed by atoms with Crippen LogP contribution in [0.2, 0.25) is 5.02 Å². The van der Waals surface area contributed by atoms with Crippen LogP contribution in [-0.4, -0.2) is 64.4 Å². The molecule has 156 valence electrons. The summed E-state index contributed by atoms with van der Waals surface area (Å²) in [4.78, 5) is 28.6. The second-order valence-corrected chi connectivity index (χ2v) is 7.19. The first-order chi connectivity index (χ1) is 14.6. The molecule has 0 unspecified atom stereocenters. The average molecular weight is 429 g/mol. The lowest BCUT2D eigenvalue weighted by Gasteiger charge is -2.34. The highest BCUT2D eigenvalue weighted by Gasteiger charge is 2.28. The molecule has 1 aliphatic heterocycles.